The van der Waals surface area contributed by atoms with Gasteiger partial charge in [-0.2, -0.15) is 0 Å². The zero-order valence-corrected chi connectivity index (χ0v) is 18.3. The lowest BCUT2D eigenvalue weighted by Gasteiger charge is -2.41. The van der Waals surface area contributed by atoms with Crippen LogP contribution in [0, 0.1) is 12.3 Å². The Bertz CT molecular complexity index is 613. The Morgan fingerprint density at radius 1 is 1.28 bits per heavy atom. The molecule has 1 aromatic rings. The maximum Gasteiger partial charge on any atom is 0.193 e. The molecule has 0 spiro atoms. The predicted molar refractivity (Wildman–Crippen MR) is 116 cm³/mol. The number of aryl methyl sites for hydroxylation is 1. The van der Waals surface area contributed by atoms with Crippen LogP contribution >= 0.6 is 35.6 Å². The van der Waals surface area contributed by atoms with Gasteiger partial charge in [0.2, 0.25) is 0 Å². The zero-order chi connectivity index (χ0) is 17.2. The van der Waals surface area contributed by atoms with Crippen molar-refractivity contribution in [2.75, 3.05) is 57.9 Å². The Hall–Kier alpha value is -0.730. The van der Waals surface area contributed by atoms with Gasteiger partial charge in [-0.05, 0) is 24.6 Å². The van der Waals surface area contributed by atoms with Gasteiger partial charge in [0.1, 0.15) is 0 Å². The molecule has 0 atom stereocenters. The number of piperazine rings is 1. The Labute approximate surface area is 172 Å². The maximum absolute atomic E-state index is 6.16. The minimum absolute atomic E-state index is 0. The molecule has 7 heteroatoms. The maximum atomic E-state index is 6.16. The topological polar surface area (TPSA) is 40.1 Å². The molecule has 0 aromatic heterocycles. The largest absolute Gasteiger partial charge is 0.380 e. The second-order valence-corrected chi connectivity index (χ2v) is 7.55. The highest BCUT2D eigenvalue weighted by molar-refractivity contribution is 14.0. The van der Waals surface area contributed by atoms with E-state index in [9.17, 15) is 0 Å². The second kappa shape index (κ2) is 8.77. The molecule has 2 saturated heterocycles. The highest BCUT2D eigenvalue weighted by Crippen LogP contribution is 2.26. The van der Waals surface area contributed by atoms with Gasteiger partial charge in [-0.3, -0.25) is 4.99 Å². The lowest BCUT2D eigenvalue weighted by atomic mass is 9.89. The Balaban J connectivity index is 0.00000225. The van der Waals surface area contributed by atoms with E-state index in [2.05, 4.69) is 46.1 Å². The standard InChI is InChI=1S/C18H27ClN4O.HI/c1-14-4-5-15(19)10-16(14)22-6-8-23(9-7-22)17(20-3)21-11-18(2)12-24-13-18;/h4-5,10H,6-9,11-13H2,1-3H3,(H,20,21);1H. The van der Waals surface area contributed by atoms with Crippen LogP contribution in [0.25, 0.3) is 0 Å². The molecule has 1 N–H and O–H groups in total. The van der Waals surface area contributed by atoms with Crippen molar-refractivity contribution in [3.63, 3.8) is 0 Å². The van der Waals surface area contributed by atoms with Gasteiger partial charge in [-0.25, -0.2) is 0 Å². The molecule has 0 saturated carbocycles. The second-order valence-electron chi connectivity index (χ2n) is 7.11. The number of aliphatic imine (C=N–C) groups is 1. The van der Waals surface area contributed by atoms with Crippen LogP contribution in [0.1, 0.15) is 12.5 Å². The molecule has 0 aliphatic carbocycles. The lowest BCUT2D eigenvalue weighted by molar-refractivity contribution is -0.0972. The van der Waals surface area contributed by atoms with Crippen molar-refractivity contribution in [2.45, 2.75) is 13.8 Å². The summed E-state index contributed by atoms with van der Waals surface area (Å²) in [6.45, 7) is 10.8. The van der Waals surface area contributed by atoms with E-state index >= 15 is 0 Å². The summed E-state index contributed by atoms with van der Waals surface area (Å²) in [5.74, 6) is 0.991. The quantitative estimate of drug-likeness (QED) is 0.412. The van der Waals surface area contributed by atoms with Crippen molar-refractivity contribution in [3.8, 4) is 0 Å². The summed E-state index contributed by atoms with van der Waals surface area (Å²) in [4.78, 5) is 9.20. The number of anilines is 1. The van der Waals surface area contributed by atoms with E-state index in [1.807, 2.05) is 13.1 Å². The van der Waals surface area contributed by atoms with Gasteiger partial charge in [-0.1, -0.05) is 24.6 Å². The molecule has 140 valence electrons. The number of benzene rings is 1. The molecule has 3 rings (SSSR count). The number of nitrogens with zero attached hydrogens (tertiary/aromatic N) is 3. The van der Waals surface area contributed by atoms with Crippen molar-refractivity contribution in [3.05, 3.63) is 28.8 Å². The molecule has 1 aromatic carbocycles. The number of hydrogen-bond donors (Lipinski definition) is 1. The molecule has 0 radical (unpaired) electrons. The van der Waals surface area contributed by atoms with Crippen LogP contribution in [0.15, 0.2) is 23.2 Å². The average molecular weight is 479 g/mol. The first kappa shape index (κ1) is 20.6. The first-order chi connectivity index (χ1) is 11.5. The van der Waals surface area contributed by atoms with Crippen LogP contribution in [0.5, 0.6) is 0 Å². The van der Waals surface area contributed by atoms with Crippen molar-refractivity contribution in [2.24, 2.45) is 10.4 Å². The number of nitrogens with one attached hydrogen (secondary N) is 1. The number of rotatable bonds is 3. The molecular weight excluding hydrogens is 451 g/mol. The van der Waals surface area contributed by atoms with Crippen LogP contribution < -0.4 is 10.2 Å². The number of halogens is 2. The van der Waals surface area contributed by atoms with Crippen LogP contribution in [-0.2, 0) is 4.74 Å². The first-order valence-electron chi connectivity index (χ1n) is 8.55. The lowest BCUT2D eigenvalue weighted by Crippen LogP contribution is -2.56. The fraction of sp³-hybridized carbons (Fsp3) is 0.611. The molecule has 0 unspecified atom stereocenters. The molecule has 0 bridgehead atoms. The molecule has 25 heavy (non-hydrogen) atoms. The van der Waals surface area contributed by atoms with E-state index in [0.717, 1.165) is 56.9 Å². The summed E-state index contributed by atoms with van der Waals surface area (Å²) in [6, 6.07) is 6.11. The number of hydrogen-bond acceptors (Lipinski definition) is 3. The third kappa shape index (κ3) is 4.92. The van der Waals surface area contributed by atoms with Crippen LogP contribution in [0.4, 0.5) is 5.69 Å². The molecule has 0 amide bonds. The van der Waals surface area contributed by atoms with Crippen molar-refractivity contribution >= 4 is 47.2 Å². The third-order valence-corrected chi connectivity index (χ3v) is 5.11. The summed E-state index contributed by atoms with van der Waals surface area (Å²) in [5, 5.41) is 4.31. The summed E-state index contributed by atoms with van der Waals surface area (Å²) in [7, 11) is 1.86. The van der Waals surface area contributed by atoms with Gasteiger partial charge in [0, 0.05) is 55.9 Å². The molecular formula is C18H28ClIN4O. The van der Waals surface area contributed by atoms with E-state index in [4.69, 9.17) is 16.3 Å². The van der Waals surface area contributed by atoms with Gasteiger partial charge >= 0.3 is 0 Å². The van der Waals surface area contributed by atoms with Crippen LogP contribution in [0.2, 0.25) is 5.02 Å². The molecule has 2 fully saturated rings. The highest BCUT2D eigenvalue weighted by atomic mass is 127. The summed E-state index contributed by atoms with van der Waals surface area (Å²) in [5.41, 5.74) is 2.76. The van der Waals surface area contributed by atoms with Gasteiger partial charge in [0.25, 0.3) is 0 Å². The van der Waals surface area contributed by atoms with E-state index in [1.54, 1.807) is 0 Å². The fourth-order valence-electron chi connectivity index (χ4n) is 3.26. The van der Waals surface area contributed by atoms with E-state index in [0.29, 0.717) is 0 Å². The van der Waals surface area contributed by atoms with Gasteiger partial charge in [-0.15, -0.1) is 24.0 Å². The summed E-state index contributed by atoms with van der Waals surface area (Å²) >= 11 is 6.16. The molecule has 2 aliphatic rings. The SMILES string of the molecule is CN=C(NCC1(C)COC1)N1CCN(c2cc(Cl)ccc2C)CC1.I. The van der Waals surface area contributed by atoms with Crippen molar-refractivity contribution in [1.29, 1.82) is 0 Å². The average Bonchev–Trinajstić information content (AvgIpc) is 2.56. The monoisotopic (exact) mass is 478 g/mol. The molecule has 2 aliphatic heterocycles. The van der Waals surface area contributed by atoms with E-state index in [-0.39, 0.29) is 29.4 Å². The normalized spacial score (nSPS) is 19.9. The van der Waals surface area contributed by atoms with Gasteiger partial charge < -0.3 is 19.9 Å². The zero-order valence-electron chi connectivity index (χ0n) is 15.2. The van der Waals surface area contributed by atoms with Crippen LogP contribution in [0.3, 0.4) is 0 Å². The first-order valence-corrected chi connectivity index (χ1v) is 8.93. The Kier molecular flexibility index (Phi) is 7.22. The highest BCUT2D eigenvalue weighted by Gasteiger charge is 2.34. The van der Waals surface area contributed by atoms with Crippen molar-refractivity contribution in [1.82, 2.24) is 10.2 Å². The minimum Gasteiger partial charge on any atom is -0.380 e. The molecule has 5 nitrogen and oxygen atoms in total. The van der Waals surface area contributed by atoms with Gasteiger partial charge in [0.05, 0.1) is 13.2 Å². The number of ether oxygens (including phenoxy) is 1. The smallest absolute Gasteiger partial charge is 0.193 e. The van der Waals surface area contributed by atoms with E-state index < -0.39 is 0 Å². The minimum atomic E-state index is 0. The van der Waals surface area contributed by atoms with E-state index in [1.165, 1.54) is 11.3 Å². The van der Waals surface area contributed by atoms with Crippen molar-refractivity contribution < 1.29 is 4.74 Å². The van der Waals surface area contributed by atoms with Crippen LogP contribution in [-0.4, -0.2) is 63.8 Å². The summed E-state index contributed by atoms with van der Waals surface area (Å²) < 4.78 is 5.32. The number of guanidine groups is 1. The Morgan fingerprint density at radius 2 is 1.96 bits per heavy atom. The fourth-order valence-corrected chi connectivity index (χ4v) is 3.43. The summed E-state index contributed by atoms with van der Waals surface area (Å²) in [6.07, 6.45) is 0. The Morgan fingerprint density at radius 3 is 2.52 bits per heavy atom. The molecule has 2 heterocycles. The predicted octanol–water partition coefficient (Wildman–Crippen LogP) is 3.00. The van der Waals surface area contributed by atoms with Gasteiger partial charge in [0.15, 0.2) is 5.96 Å². The third-order valence-electron chi connectivity index (χ3n) is 4.88.